The molecule has 28 heavy (non-hydrogen) atoms. The second-order valence-corrected chi connectivity index (χ2v) is 8.22. The van der Waals surface area contributed by atoms with E-state index >= 15 is 0 Å². The molecule has 142 valence electrons. The quantitative estimate of drug-likeness (QED) is 0.590. The highest BCUT2D eigenvalue weighted by Gasteiger charge is 2.49. The molecule has 7 heteroatoms. The largest absolute Gasteiger partial charge is 0.497 e. The number of hydrogen-bond acceptors (Lipinski definition) is 4. The van der Waals surface area contributed by atoms with Crippen LogP contribution in [0.15, 0.2) is 48.5 Å². The van der Waals surface area contributed by atoms with Crippen molar-refractivity contribution in [2.45, 2.75) is 12.3 Å². The average Bonchev–Trinajstić information content (AvgIpc) is 3.02. The van der Waals surface area contributed by atoms with Gasteiger partial charge in [-0.25, -0.2) is 4.39 Å². The molecule has 0 saturated heterocycles. The number of hydrogen-bond donors (Lipinski definition) is 1. The summed E-state index contributed by atoms with van der Waals surface area (Å²) in [6.07, 6.45) is 0. The Bertz CT molecular complexity index is 1090. The number of Topliss-reactive ketones (excluding diaryl/α,β-unsaturated/α-hetero) is 1. The number of anilines is 1. The molecule has 1 N–H and O–H groups in total. The van der Waals surface area contributed by atoms with Crippen LogP contribution in [0.4, 0.5) is 9.39 Å². The van der Waals surface area contributed by atoms with E-state index in [9.17, 15) is 14.0 Å². The lowest BCUT2D eigenvalue weighted by molar-refractivity contribution is -0.119. The van der Waals surface area contributed by atoms with Crippen LogP contribution in [-0.2, 0) is 10.2 Å². The van der Waals surface area contributed by atoms with Crippen LogP contribution in [0.2, 0.25) is 4.34 Å². The molecule has 0 fully saturated rings. The summed E-state index contributed by atoms with van der Waals surface area (Å²) < 4.78 is 18.9. The van der Waals surface area contributed by atoms with E-state index in [-0.39, 0.29) is 11.6 Å². The van der Waals surface area contributed by atoms with Crippen molar-refractivity contribution in [3.63, 3.8) is 0 Å². The maximum absolute atomic E-state index is 13.6. The minimum absolute atomic E-state index is 0.347. The van der Waals surface area contributed by atoms with E-state index in [0.29, 0.717) is 37.3 Å². The molecule has 1 aliphatic rings. The molecule has 0 bridgehead atoms. The first-order chi connectivity index (χ1) is 13.4. The van der Waals surface area contributed by atoms with Gasteiger partial charge in [-0.2, -0.15) is 0 Å². The van der Waals surface area contributed by atoms with Crippen LogP contribution in [0.25, 0.3) is 11.1 Å². The molecule has 1 amide bonds. The standard InChI is InChI=1S/C21H15ClFNO3S/c1-21(12-5-9-14(27-2)10-6-12)17(25)16-15(11-3-7-13(23)8-4-11)18(22)28-19(16)24-20(21)26/h3-10H,1-2H3,(H,24,26). The van der Waals surface area contributed by atoms with E-state index in [4.69, 9.17) is 16.3 Å². The van der Waals surface area contributed by atoms with Crippen molar-refractivity contribution in [1.29, 1.82) is 0 Å². The summed E-state index contributed by atoms with van der Waals surface area (Å²) in [7, 11) is 1.55. The van der Waals surface area contributed by atoms with Gasteiger partial charge in [-0.15, -0.1) is 11.3 Å². The number of carbonyl (C=O) groups is 2. The number of amides is 1. The lowest BCUT2D eigenvalue weighted by Crippen LogP contribution is -2.48. The molecule has 1 aromatic heterocycles. The van der Waals surface area contributed by atoms with Crippen LogP contribution < -0.4 is 10.1 Å². The summed E-state index contributed by atoms with van der Waals surface area (Å²) in [5.41, 5.74) is 0.601. The van der Waals surface area contributed by atoms with Gasteiger partial charge in [0, 0.05) is 5.56 Å². The van der Waals surface area contributed by atoms with Gasteiger partial charge in [-0.05, 0) is 42.3 Å². The molecule has 4 rings (SSSR count). The highest BCUT2D eigenvalue weighted by Crippen LogP contribution is 2.49. The van der Waals surface area contributed by atoms with Gasteiger partial charge in [0.15, 0.2) is 5.78 Å². The normalized spacial score (nSPS) is 18.6. The maximum atomic E-state index is 13.6. The van der Waals surface area contributed by atoms with Gasteiger partial charge < -0.3 is 10.1 Å². The SMILES string of the molecule is COc1ccc(C2(C)C(=O)Nc3sc(Cl)c(-c4ccc(F)cc4)c3C2=O)cc1. The molecule has 0 saturated carbocycles. The van der Waals surface area contributed by atoms with Crippen molar-refractivity contribution in [3.8, 4) is 16.9 Å². The third-order valence-electron chi connectivity index (χ3n) is 5.03. The zero-order valence-electron chi connectivity index (χ0n) is 15.0. The lowest BCUT2D eigenvalue weighted by atomic mass is 9.73. The Hall–Kier alpha value is -2.70. The van der Waals surface area contributed by atoms with E-state index < -0.39 is 11.3 Å². The van der Waals surface area contributed by atoms with Gasteiger partial charge in [0.2, 0.25) is 5.91 Å². The second kappa shape index (κ2) is 6.72. The number of methoxy groups -OCH3 is 1. The first-order valence-electron chi connectivity index (χ1n) is 8.45. The fourth-order valence-corrected chi connectivity index (χ4v) is 4.73. The van der Waals surface area contributed by atoms with E-state index in [1.807, 2.05) is 0 Å². The Labute approximate surface area is 169 Å². The number of carbonyl (C=O) groups excluding carboxylic acids is 2. The summed E-state index contributed by atoms with van der Waals surface area (Å²) in [6.45, 7) is 1.59. The van der Waals surface area contributed by atoms with Gasteiger partial charge in [-0.3, -0.25) is 9.59 Å². The van der Waals surface area contributed by atoms with Gasteiger partial charge in [0.05, 0.1) is 12.7 Å². The fourth-order valence-electron chi connectivity index (χ4n) is 3.35. The Kier molecular flexibility index (Phi) is 4.48. The van der Waals surface area contributed by atoms with E-state index in [1.165, 1.54) is 12.1 Å². The van der Waals surface area contributed by atoms with Crippen molar-refractivity contribution in [2.75, 3.05) is 12.4 Å². The minimum Gasteiger partial charge on any atom is -0.497 e. The van der Waals surface area contributed by atoms with E-state index in [0.717, 1.165) is 11.3 Å². The second-order valence-electron chi connectivity index (χ2n) is 6.60. The molecule has 2 aromatic carbocycles. The zero-order chi connectivity index (χ0) is 20.1. The number of ether oxygens (including phenoxy) is 1. The van der Waals surface area contributed by atoms with Crippen molar-refractivity contribution in [1.82, 2.24) is 0 Å². The smallest absolute Gasteiger partial charge is 0.243 e. The Morgan fingerprint density at radius 3 is 2.29 bits per heavy atom. The first-order valence-corrected chi connectivity index (χ1v) is 9.64. The topological polar surface area (TPSA) is 55.4 Å². The molecule has 0 radical (unpaired) electrons. The van der Waals surface area contributed by atoms with Crippen molar-refractivity contribution in [2.24, 2.45) is 0 Å². The number of thiophene rings is 1. The van der Waals surface area contributed by atoms with Gasteiger partial charge >= 0.3 is 0 Å². The summed E-state index contributed by atoms with van der Waals surface area (Å²) in [4.78, 5) is 26.5. The monoisotopic (exact) mass is 415 g/mol. The fraction of sp³-hybridized carbons (Fsp3) is 0.143. The van der Waals surface area contributed by atoms with E-state index in [2.05, 4.69) is 5.32 Å². The van der Waals surface area contributed by atoms with Crippen LogP contribution in [-0.4, -0.2) is 18.8 Å². The molecule has 2 heterocycles. The predicted molar refractivity (Wildman–Crippen MR) is 108 cm³/mol. The average molecular weight is 416 g/mol. The number of halogens is 2. The van der Waals surface area contributed by atoms with Crippen molar-refractivity contribution in [3.05, 3.63) is 69.8 Å². The van der Waals surface area contributed by atoms with Crippen LogP contribution in [0.1, 0.15) is 22.8 Å². The van der Waals surface area contributed by atoms with Crippen LogP contribution in [0.5, 0.6) is 5.75 Å². The Morgan fingerprint density at radius 2 is 1.68 bits per heavy atom. The molecule has 4 nitrogen and oxygen atoms in total. The Morgan fingerprint density at radius 1 is 1.04 bits per heavy atom. The van der Waals surface area contributed by atoms with Gasteiger partial charge in [0.25, 0.3) is 0 Å². The van der Waals surface area contributed by atoms with Gasteiger partial charge in [0.1, 0.15) is 26.3 Å². The number of nitrogens with one attached hydrogen (secondary N) is 1. The first kappa shape index (κ1) is 18.7. The molecule has 1 aliphatic heterocycles. The molecule has 3 aromatic rings. The number of rotatable bonds is 3. The summed E-state index contributed by atoms with van der Waals surface area (Å²) in [5.74, 6) is -0.522. The molecule has 1 unspecified atom stereocenters. The number of benzene rings is 2. The summed E-state index contributed by atoms with van der Waals surface area (Å²) in [5, 5.41) is 3.23. The van der Waals surface area contributed by atoms with E-state index in [1.54, 1.807) is 50.4 Å². The molecule has 0 spiro atoms. The summed E-state index contributed by atoms with van der Waals surface area (Å²) in [6, 6.07) is 12.6. The van der Waals surface area contributed by atoms with Crippen LogP contribution >= 0.6 is 22.9 Å². The number of ketones is 1. The molecule has 0 aliphatic carbocycles. The predicted octanol–water partition coefficient (Wildman–Crippen LogP) is 5.31. The van der Waals surface area contributed by atoms with Crippen LogP contribution in [0, 0.1) is 5.82 Å². The van der Waals surface area contributed by atoms with Crippen molar-refractivity contribution < 1.29 is 18.7 Å². The number of fused-ring (bicyclic) bond motifs is 1. The molecular weight excluding hydrogens is 401 g/mol. The third-order valence-corrected chi connectivity index (χ3v) is 6.34. The Balaban J connectivity index is 1.88. The summed E-state index contributed by atoms with van der Waals surface area (Å²) >= 11 is 7.53. The third kappa shape index (κ3) is 2.72. The highest BCUT2D eigenvalue weighted by molar-refractivity contribution is 7.21. The van der Waals surface area contributed by atoms with Crippen molar-refractivity contribution >= 4 is 39.6 Å². The van der Waals surface area contributed by atoms with Crippen LogP contribution in [0.3, 0.4) is 0 Å². The highest BCUT2D eigenvalue weighted by atomic mass is 35.5. The lowest BCUT2D eigenvalue weighted by Gasteiger charge is -2.32. The molecular formula is C21H15ClFNO3S. The minimum atomic E-state index is -1.42. The van der Waals surface area contributed by atoms with Gasteiger partial charge in [-0.1, -0.05) is 35.9 Å². The zero-order valence-corrected chi connectivity index (χ0v) is 16.6. The molecule has 1 atom stereocenters. The maximum Gasteiger partial charge on any atom is 0.243 e.